The Kier molecular flexibility index (Phi) is 4.62. The molecule has 0 unspecified atom stereocenters. The number of hydrogen-bond acceptors (Lipinski definition) is 4. The second kappa shape index (κ2) is 6.62. The first-order chi connectivity index (χ1) is 10.1. The molecule has 1 aromatic heterocycles. The van der Waals surface area contributed by atoms with Gasteiger partial charge in [0.1, 0.15) is 18.1 Å². The monoisotopic (exact) mass is 284 g/mol. The lowest BCUT2D eigenvalue weighted by Gasteiger charge is -2.10. The Hall–Kier alpha value is -2.74. The highest BCUT2D eigenvalue weighted by atomic mass is 16.5. The Morgan fingerprint density at radius 1 is 1.43 bits per heavy atom. The minimum absolute atomic E-state index is 0.178. The molecule has 1 aromatic carbocycles. The summed E-state index contributed by atoms with van der Waals surface area (Å²) in [5.41, 5.74) is 2.11. The normalized spacial score (nSPS) is 9.95. The topological polar surface area (TPSA) is 64.4 Å². The first kappa shape index (κ1) is 14.7. The zero-order chi connectivity index (χ0) is 15.2. The van der Waals surface area contributed by atoms with E-state index in [2.05, 4.69) is 16.4 Å². The Morgan fingerprint density at radius 2 is 2.19 bits per heavy atom. The van der Waals surface area contributed by atoms with E-state index in [0.29, 0.717) is 23.7 Å². The molecular weight excluding hydrogens is 268 g/mol. The van der Waals surface area contributed by atoms with Gasteiger partial charge in [0, 0.05) is 0 Å². The van der Waals surface area contributed by atoms with Crippen LogP contribution in [-0.4, -0.2) is 17.6 Å². The lowest BCUT2D eigenvalue weighted by molar-refractivity contribution is 0.0954. The van der Waals surface area contributed by atoms with Crippen molar-refractivity contribution in [1.82, 2.24) is 10.5 Å². The predicted octanol–water partition coefficient (Wildman–Crippen LogP) is 2.23. The lowest BCUT2D eigenvalue weighted by Crippen LogP contribution is -2.24. The van der Waals surface area contributed by atoms with Crippen molar-refractivity contribution in [3.8, 4) is 18.1 Å². The predicted molar refractivity (Wildman–Crippen MR) is 77.9 cm³/mol. The molecule has 0 bridgehead atoms. The van der Waals surface area contributed by atoms with Crippen molar-refractivity contribution in [3.05, 3.63) is 46.8 Å². The SMILES string of the molecule is C#CCNC(=O)c1ccccc1OCc1c(C)noc1C. The number of nitrogens with one attached hydrogen (secondary N) is 1. The third-order valence-electron chi connectivity index (χ3n) is 3.04. The summed E-state index contributed by atoms with van der Waals surface area (Å²) in [5, 5.41) is 6.49. The fourth-order valence-corrected chi connectivity index (χ4v) is 1.86. The van der Waals surface area contributed by atoms with Crippen LogP contribution in [0, 0.1) is 26.2 Å². The summed E-state index contributed by atoms with van der Waals surface area (Å²) >= 11 is 0. The van der Waals surface area contributed by atoms with Gasteiger partial charge in [-0.3, -0.25) is 4.79 Å². The summed E-state index contributed by atoms with van der Waals surface area (Å²) in [6, 6.07) is 7.01. The molecule has 2 aromatic rings. The standard InChI is InChI=1S/C16H16N2O3/c1-4-9-17-16(19)13-7-5-6-8-15(13)20-10-14-11(2)18-21-12(14)3/h1,5-8H,9-10H2,2-3H3,(H,17,19). The maximum Gasteiger partial charge on any atom is 0.255 e. The van der Waals surface area contributed by atoms with Gasteiger partial charge in [0.2, 0.25) is 0 Å². The maximum absolute atomic E-state index is 12.0. The van der Waals surface area contributed by atoms with Gasteiger partial charge in [0.25, 0.3) is 5.91 Å². The molecule has 2 rings (SSSR count). The van der Waals surface area contributed by atoms with E-state index in [1.807, 2.05) is 13.8 Å². The average Bonchev–Trinajstić information content (AvgIpc) is 2.82. The minimum atomic E-state index is -0.262. The zero-order valence-corrected chi connectivity index (χ0v) is 12.0. The molecule has 1 amide bonds. The van der Waals surface area contributed by atoms with Crippen molar-refractivity contribution in [2.24, 2.45) is 0 Å². The minimum Gasteiger partial charge on any atom is -0.488 e. The van der Waals surface area contributed by atoms with Gasteiger partial charge < -0.3 is 14.6 Å². The molecule has 0 atom stereocenters. The molecule has 0 aliphatic rings. The number of nitrogens with zero attached hydrogens (tertiary/aromatic N) is 1. The Bertz CT molecular complexity index is 664. The summed E-state index contributed by atoms with van der Waals surface area (Å²) in [7, 11) is 0. The highest BCUT2D eigenvalue weighted by Crippen LogP contribution is 2.21. The van der Waals surface area contributed by atoms with Crippen LogP contribution in [0.3, 0.4) is 0 Å². The van der Waals surface area contributed by atoms with Crippen LogP contribution in [0.2, 0.25) is 0 Å². The second-order valence-electron chi connectivity index (χ2n) is 4.47. The van der Waals surface area contributed by atoms with E-state index in [1.165, 1.54) is 0 Å². The number of hydrogen-bond donors (Lipinski definition) is 1. The molecule has 0 spiro atoms. The first-order valence-electron chi connectivity index (χ1n) is 6.48. The quantitative estimate of drug-likeness (QED) is 0.855. The number of terminal acetylenes is 1. The summed E-state index contributed by atoms with van der Waals surface area (Å²) in [6.07, 6.45) is 5.14. The molecule has 21 heavy (non-hydrogen) atoms. The van der Waals surface area contributed by atoms with Crippen LogP contribution in [-0.2, 0) is 6.61 Å². The van der Waals surface area contributed by atoms with Gasteiger partial charge in [-0.25, -0.2) is 0 Å². The molecule has 1 N–H and O–H groups in total. The number of para-hydroxylation sites is 1. The van der Waals surface area contributed by atoms with Crippen molar-refractivity contribution in [2.75, 3.05) is 6.54 Å². The number of rotatable bonds is 5. The summed E-state index contributed by atoms with van der Waals surface area (Å²) in [6.45, 7) is 4.14. The van der Waals surface area contributed by atoms with Crippen molar-refractivity contribution in [3.63, 3.8) is 0 Å². The summed E-state index contributed by atoms with van der Waals surface area (Å²) in [4.78, 5) is 12.0. The number of benzene rings is 1. The van der Waals surface area contributed by atoms with E-state index < -0.39 is 0 Å². The lowest BCUT2D eigenvalue weighted by atomic mass is 10.2. The molecule has 0 saturated carbocycles. The zero-order valence-electron chi connectivity index (χ0n) is 12.0. The van der Waals surface area contributed by atoms with Crippen LogP contribution in [0.5, 0.6) is 5.75 Å². The Morgan fingerprint density at radius 3 is 2.86 bits per heavy atom. The highest BCUT2D eigenvalue weighted by molar-refractivity contribution is 5.97. The molecule has 0 saturated heterocycles. The second-order valence-corrected chi connectivity index (χ2v) is 4.47. The number of carbonyl (C=O) groups is 1. The van der Waals surface area contributed by atoms with Crippen LogP contribution in [0.15, 0.2) is 28.8 Å². The van der Waals surface area contributed by atoms with Gasteiger partial charge in [-0.1, -0.05) is 23.2 Å². The fourth-order valence-electron chi connectivity index (χ4n) is 1.86. The molecule has 5 heteroatoms. The van der Waals surface area contributed by atoms with Crippen LogP contribution < -0.4 is 10.1 Å². The average molecular weight is 284 g/mol. The Labute approximate surface area is 123 Å². The molecule has 108 valence electrons. The van der Waals surface area contributed by atoms with E-state index in [9.17, 15) is 4.79 Å². The van der Waals surface area contributed by atoms with Crippen molar-refractivity contribution < 1.29 is 14.1 Å². The number of aromatic nitrogens is 1. The largest absolute Gasteiger partial charge is 0.488 e. The molecule has 5 nitrogen and oxygen atoms in total. The highest BCUT2D eigenvalue weighted by Gasteiger charge is 2.14. The van der Waals surface area contributed by atoms with Gasteiger partial charge in [-0.05, 0) is 26.0 Å². The molecule has 1 heterocycles. The smallest absolute Gasteiger partial charge is 0.255 e. The molecular formula is C16H16N2O3. The van der Waals surface area contributed by atoms with Crippen molar-refractivity contribution in [1.29, 1.82) is 0 Å². The summed E-state index contributed by atoms with van der Waals surface area (Å²) < 4.78 is 10.8. The third-order valence-corrected chi connectivity index (χ3v) is 3.04. The van der Waals surface area contributed by atoms with E-state index >= 15 is 0 Å². The van der Waals surface area contributed by atoms with E-state index in [-0.39, 0.29) is 12.5 Å². The van der Waals surface area contributed by atoms with Crippen molar-refractivity contribution in [2.45, 2.75) is 20.5 Å². The fraction of sp³-hybridized carbons (Fsp3) is 0.250. The van der Waals surface area contributed by atoms with E-state index in [0.717, 1.165) is 11.3 Å². The number of carbonyl (C=O) groups excluding carboxylic acids is 1. The number of ether oxygens (including phenoxy) is 1. The third kappa shape index (κ3) is 3.42. The molecule has 0 aliphatic heterocycles. The number of aryl methyl sites for hydroxylation is 2. The van der Waals surface area contributed by atoms with Crippen LogP contribution in [0.25, 0.3) is 0 Å². The van der Waals surface area contributed by atoms with Crippen LogP contribution in [0.1, 0.15) is 27.4 Å². The Balaban J connectivity index is 2.14. The molecule has 0 fully saturated rings. The van der Waals surface area contributed by atoms with Gasteiger partial charge in [-0.15, -0.1) is 6.42 Å². The van der Waals surface area contributed by atoms with Gasteiger partial charge in [0.15, 0.2) is 0 Å². The van der Waals surface area contributed by atoms with Crippen LogP contribution in [0.4, 0.5) is 0 Å². The van der Waals surface area contributed by atoms with E-state index in [4.69, 9.17) is 15.7 Å². The molecule has 0 radical (unpaired) electrons. The maximum atomic E-state index is 12.0. The number of amides is 1. The van der Waals surface area contributed by atoms with Crippen molar-refractivity contribution >= 4 is 5.91 Å². The molecule has 0 aliphatic carbocycles. The van der Waals surface area contributed by atoms with Gasteiger partial charge >= 0.3 is 0 Å². The van der Waals surface area contributed by atoms with E-state index in [1.54, 1.807) is 24.3 Å². The van der Waals surface area contributed by atoms with Crippen LogP contribution >= 0.6 is 0 Å². The summed E-state index contributed by atoms with van der Waals surface area (Å²) in [5.74, 6) is 3.30. The van der Waals surface area contributed by atoms with Gasteiger partial charge in [0.05, 0.1) is 23.4 Å². The van der Waals surface area contributed by atoms with Gasteiger partial charge in [-0.2, -0.15) is 0 Å². The first-order valence-corrected chi connectivity index (χ1v) is 6.48.